The van der Waals surface area contributed by atoms with Crippen molar-refractivity contribution in [2.45, 2.75) is 51.5 Å². The van der Waals surface area contributed by atoms with Gasteiger partial charge in [0.15, 0.2) is 5.69 Å². The number of hydrogen-bond acceptors (Lipinski definition) is 3. The molecule has 0 radical (unpaired) electrons. The Balaban J connectivity index is 1.53. The molecule has 130 valence electrons. The summed E-state index contributed by atoms with van der Waals surface area (Å²) in [5.74, 6) is 0.979. The summed E-state index contributed by atoms with van der Waals surface area (Å²) in [7, 11) is 1.63. The minimum Gasteiger partial charge on any atom is -0.478 e. The standard InChI is InChI=1S/C18H25N3O3/c1-10(18-6-11-3-12(7-18)5-13(4-11)8-18)19-16(22)15-14(17(23)24)9-21(2)20-15/h9-13H,3-8H2,1-2H3,(H,19,22)(H,23,24). The normalized spacial score (nSPS) is 35.0. The van der Waals surface area contributed by atoms with Gasteiger partial charge in [-0.05, 0) is 68.6 Å². The molecule has 1 atom stereocenters. The summed E-state index contributed by atoms with van der Waals surface area (Å²) in [6.45, 7) is 2.09. The molecule has 0 saturated heterocycles. The molecule has 1 aromatic heterocycles. The van der Waals surface area contributed by atoms with Gasteiger partial charge in [-0.25, -0.2) is 4.79 Å². The van der Waals surface area contributed by atoms with Gasteiger partial charge in [0, 0.05) is 19.3 Å². The van der Waals surface area contributed by atoms with Crippen LogP contribution in [-0.2, 0) is 7.05 Å². The molecule has 1 amide bonds. The van der Waals surface area contributed by atoms with Gasteiger partial charge >= 0.3 is 5.97 Å². The van der Waals surface area contributed by atoms with Crippen LogP contribution in [-0.4, -0.2) is 32.8 Å². The third-order valence-electron chi connectivity index (χ3n) is 6.63. The predicted molar refractivity (Wildman–Crippen MR) is 87.7 cm³/mol. The quantitative estimate of drug-likeness (QED) is 0.887. The monoisotopic (exact) mass is 331 g/mol. The summed E-state index contributed by atoms with van der Waals surface area (Å²) in [6.07, 6.45) is 9.08. The molecular weight excluding hydrogens is 306 g/mol. The molecule has 1 heterocycles. The van der Waals surface area contributed by atoms with Gasteiger partial charge in [-0.15, -0.1) is 0 Å². The summed E-state index contributed by atoms with van der Waals surface area (Å²) < 4.78 is 1.38. The first-order valence-electron chi connectivity index (χ1n) is 8.94. The Kier molecular flexibility index (Phi) is 3.48. The number of aryl methyl sites for hydroxylation is 1. The fourth-order valence-corrected chi connectivity index (χ4v) is 5.94. The van der Waals surface area contributed by atoms with E-state index in [2.05, 4.69) is 17.3 Å². The van der Waals surface area contributed by atoms with Crippen molar-refractivity contribution in [2.75, 3.05) is 0 Å². The van der Waals surface area contributed by atoms with Crippen molar-refractivity contribution in [2.24, 2.45) is 30.2 Å². The van der Waals surface area contributed by atoms with E-state index in [9.17, 15) is 14.7 Å². The second-order valence-electron chi connectivity index (χ2n) is 8.35. The Morgan fingerprint density at radius 3 is 2.29 bits per heavy atom. The molecule has 4 aliphatic rings. The molecule has 1 aromatic rings. The third kappa shape index (κ3) is 2.43. The highest BCUT2D eigenvalue weighted by molar-refractivity contribution is 6.03. The van der Waals surface area contributed by atoms with Crippen LogP contribution in [0.3, 0.4) is 0 Å². The minimum atomic E-state index is -1.12. The zero-order valence-corrected chi connectivity index (χ0v) is 14.3. The Hall–Kier alpha value is -1.85. The number of rotatable bonds is 4. The number of carbonyl (C=O) groups excluding carboxylic acids is 1. The van der Waals surface area contributed by atoms with Crippen LogP contribution in [0, 0.1) is 23.2 Å². The molecule has 0 aliphatic heterocycles. The first kappa shape index (κ1) is 15.7. The van der Waals surface area contributed by atoms with Gasteiger partial charge in [0.2, 0.25) is 0 Å². The van der Waals surface area contributed by atoms with Crippen LogP contribution in [0.4, 0.5) is 0 Å². The van der Waals surface area contributed by atoms with Crippen LogP contribution in [0.2, 0.25) is 0 Å². The number of hydrogen-bond donors (Lipinski definition) is 2. The van der Waals surface area contributed by atoms with Gasteiger partial charge in [-0.3, -0.25) is 9.48 Å². The summed E-state index contributed by atoms with van der Waals surface area (Å²) in [5.41, 5.74) is 0.178. The van der Waals surface area contributed by atoms with Crippen LogP contribution in [0.15, 0.2) is 6.20 Å². The largest absolute Gasteiger partial charge is 0.478 e. The molecular formula is C18H25N3O3. The number of nitrogens with zero attached hydrogens (tertiary/aromatic N) is 2. The molecule has 0 spiro atoms. The first-order valence-corrected chi connectivity index (χ1v) is 8.94. The van der Waals surface area contributed by atoms with Crippen molar-refractivity contribution in [3.05, 3.63) is 17.5 Å². The average molecular weight is 331 g/mol. The molecule has 2 N–H and O–H groups in total. The second kappa shape index (κ2) is 5.33. The zero-order valence-electron chi connectivity index (χ0n) is 14.3. The maximum Gasteiger partial charge on any atom is 0.339 e. The lowest BCUT2D eigenvalue weighted by Crippen LogP contribution is -2.55. The lowest BCUT2D eigenvalue weighted by atomic mass is 9.48. The van der Waals surface area contributed by atoms with Gasteiger partial charge in [0.1, 0.15) is 5.56 Å². The van der Waals surface area contributed by atoms with Crippen LogP contribution in [0.5, 0.6) is 0 Å². The van der Waals surface area contributed by atoms with E-state index in [1.165, 1.54) is 49.4 Å². The van der Waals surface area contributed by atoms with E-state index >= 15 is 0 Å². The maximum atomic E-state index is 12.6. The Morgan fingerprint density at radius 2 is 1.79 bits per heavy atom. The van der Waals surface area contributed by atoms with Crippen molar-refractivity contribution < 1.29 is 14.7 Å². The second-order valence-corrected chi connectivity index (χ2v) is 8.35. The predicted octanol–water partition coefficient (Wildman–Crippen LogP) is 2.45. The van der Waals surface area contributed by atoms with Gasteiger partial charge in [0.05, 0.1) is 0 Å². The summed E-state index contributed by atoms with van der Waals surface area (Å²) in [6, 6.07) is 0.0575. The molecule has 24 heavy (non-hydrogen) atoms. The fourth-order valence-electron chi connectivity index (χ4n) is 5.94. The van der Waals surface area contributed by atoms with E-state index in [0.717, 1.165) is 17.8 Å². The Labute approximate surface area is 141 Å². The van der Waals surface area contributed by atoms with Crippen LogP contribution in [0.1, 0.15) is 66.3 Å². The van der Waals surface area contributed by atoms with Crippen LogP contribution in [0.25, 0.3) is 0 Å². The van der Waals surface area contributed by atoms with E-state index in [-0.39, 0.29) is 28.6 Å². The Morgan fingerprint density at radius 1 is 1.25 bits per heavy atom. The van der Waals surface area contributed by atoms with Gasteiger partial charge in [-0.1, -0.05) is 0 Å². The lowest BCUT2D eigenvalue weighted by Gasteiger charge is -2.59. The Bertz CT molecular complexity index is 658. The van der Waals surface area contributed by atoms with E-state index in [1.807, 2.05) is 0 Å². The highest BCUT2D eigenvalue weighted by atomic mass is 16.4. The topological polar surface area (TPSA) is 84.2 Å². The minimum absolute atomic E-state index is 0.0154. The maximum absolute atomic E-state index is 12.6. The number of carboxylic acids is 1. The van der Waals surface area contributed by atoms with Crippen molar-refractivity contribution in [3.63, 3.8) is 0 Å². The number of aromatic carboxylic acids is 1. The fraction of sp³-hybridized carbons (Fsp3) is 0.722. The molecule has 6 heteroatoms. The molecule has 4 saturated carbocycles. The molecule has 1 unspecified atom stereocenters. The van der Waals surface area contributed by atoms with Crippen molar-refractivity contribution >= 4 is 11.9 Å². The number of amides is 1. The van der Waals surface area contributed by atoms with Crippen molar-refractivity contribution in [1.82, 2.24) is 15.1 Å². The lowest BCUT2D eigenvalue weighted by molar-refractivity contribution is -0.0688. The van der Waals surface area contributed by atoms with E-state index < -0.39 is 5.97 Å². The third-order valence-corrected chi connectivity index (χ3v) is 6.63. The molecule has 4 aliphatic carbocycles. The molecule has 6 nitrogen and oxygen atoms in total. The highest BCUT2D eigenvalue weighted by Crippen LogP contribution is 2.61. The molecule has 0 aromatic carbocycles. The summed E-state index contributed by atoms with van der Waals surface area (Å²) in [4.78, 5) is 24.0. The van der Waals surface area contributed by atoms with Crippen LogP contribution < -0.4 is 5.32 Å². The van der Waals surface area contributed by atoms with E-state index in [1.54, 1.807) is 7.05 Å². The summed E-state index contributed by atoms with van der Waals surface area (Å²) in [5, 5.41) is 16.4. The van der Waals surface area contributed by atoms with Gasteiger partial charge in [-0.2, -0.15) is 5.10 Å². The average Bonchev–Trinajstić information content (AvgIpc) is 2.88. The number of carboxylic acid groups (broad SMARTS) is 1. The summed E-state index contributed by atoms with van der Waals surface area (Å²) >= 11 is 0. The first-order chi connectivity index (χ1) is 11.4. The van der Waals surface area contributed by atoms with Gasteiger partial charge < -0.3 is 10.4 Å². The van der Waals surface area contributed by atoms with Crippen molar-refractivity contribution in [3.8, 4) is 0 Å². The smallest absolute Gasteiger partial charge is 0.339 e. The SMILES string of the molecule is CC(NC(=O)c1nn(C)cc1C(=O)O)C12CC3CC(CC(C3)C1)C2. The zero-order chi connectivity index (χ0) is 17.1. The number of nitrogens with one attached hydrogen (secondary N) is 1. The number of carbonyl (C=O) groups is 2. The molecule has 4 fully saturated rings. The van der Waals surface area contributed by atoms with Crippen LogP contribution >= 0.6 is 0 Å². The van der Waals surface area contributed by atoms with E-state index in [4.69, 9.17) is 0 Å². The van der Waals surface area contributed by atoms with Crippen molar-refractivity contribution in [1.29, 1.82) is 0 Å². The number of aromatic nitrogens is 2. The molecule has 5 rings (SSSR count). The van der Waals surface area contributed by atoms with E-state index in [0.29, 0.717) is 0 Å². The molecule has 4 bridgehead atoms. The van der Waals surface area contributed by atoms with Gasteiger partial charge in [0.25, 0.3) is 5.91 Å². The highest BCUT2D eigenvalue weighted by Gasteiger charge is 2.53.